The average Bonchev–Trinajstić information content (AvgIpc) is 3.23. The van der Waals surface area contributed by atoms with Crippen LogP contribution < -0.4 is 0 Å². The van der Waals surface area contributed by atoms with E-state index in [1.165, 1.54) is 13.8 Å². The van der Waals surface area contributed by atoms with E-state index >= 15 is 0 Å². The van der Waals surface area contributed by atoms with Crippen LogP contribution in [-0.4, -0.2) is 39.5 Å². The lowest BCUT2D eigenvalue weighted by Crippen LogP contribution is -2.23. The van der Waals surface area contributed by atoms with E-state index in [1.807, 2.05) is 12.3 Å². The molecule has 2 unspecified atom stereocenters. The van der Waals surface area contributed by atoms with E-state index in [0.717, 1.165) is 36.5 Å². The van der Waals surface area contributed by atoms with Gasteiger partial charge in [-0.1, -0.05) is 61.0 Å². The number of aromatic nitrogens is 1. The number of esters is 1. The van der Waals surface area contributed by atoms with Crippen molar-refractivity contribution in [1.29, 1.82) is 5.26 Å². The molecule has 16 heteroatoms. The summed E-state index contributed by atoms with van der Waals surface area (Å²) in [5.41, 5.74) is -1.86. The van der Waals surface area contributed by atoms with Crippen molar-refractivity contribution in [3.63, 3.8) is 0 Å². The first-order chi connectivity index (χ1) is 20.0. The Labute approximate surface area is 256 Å². The van der Waals surface area contributed by atoms with Gasteiger partial charge in [0.15, 0.2) is 28.4 Å². The van der Waals surface area contributed by atoms with Gasteiger partial charge in [-0.15, -0.1) is 4.99 Å². The summed E-state index contributed by atoms with van der Waals surface area (Å²) in [6.07, 6.45) is -0.545. The molecule has 2 heterocycles. The third-order valence-corrected chi connectivity index (χ3v) is 8.42. The average molecular weight is 671 g/mol. The number of hydrogen-bond acceptors (Lipinski definition) is 6. The number of nitriles is 1. The summed E-state index contributed by atoms with van der Waals surface area (Å²) in [5, 5.41) is 8.41. The number of thioether (sulfide) groups is 1. The van der Waals surface area contributed by atoms with E-state index in [0.29, 0.717) is 11.2 Å². The van der Waals surface area contributed by atoms with Crippen molar-refractivity contribution in [1.82, 2.24) is 9.88 Å². The Morgan fingerprint density at radius 2 is 1.86 bits per heavy atom. The van der Waals surface area contributed by atoms with Crippen LogP contribution in [0.1, 0.15) is 30.5 Å². The minimum atomic E-state index is -4.78. The van der Waals surface area contributed by atoms with Crippen molar-refractivity contribution < 1.29 is 40.3 Å². The summed E-state index contributed by atoms with van der Waals surface area (Å²) < 4.78 is 96.8. The van der Waals surface area contributed by atoms with Crippen molar-refractivity contribution in [3.05, 3.63) is 74.6 Å². The minimum Gasteiger partial charge on any atom is -0.460 e. The Bertz CT molecular complexity index is 1450. The number of nitrogens with zero attached hydrogens (tertiary/aromatic N) is 4. The molecule has 2 aliphatic rings. The lowest BCUT2D eigenvalue weighted by molar-refractivity contribution is -0.147. The molecule has 1 aliphatic heterocycles. The van der Waals surface area contributed by atoms with Gasteiger partial charge >= 0.3 is 12.1 Å². The molecule has 43 heavy (non-hydrogen) atoms. The second kappa shape index (κ2) is 13.7. The van der Waals surface area contributed by atoms with Crippen molar-refractivity contribution in [2.45, 2.75) is 40.1 Å². The van der Waals surface area contributed by atoms with Gasteiger partial charge in [0.05, 0.1) is 11.5 Å². The number of pyridine rings is 1. The van der Waals surface area contributed by atoms with E-state index < -0.39 is 75.4 Å². The van der Waals surface area contributed by atoms with E-state index in [1.54, 1.807) is 24.0 Å². The van der Waals surface area contributed by atoms with E-state index in [4.69, 9.17) is 33.2 Å². The van der Waals surface area contributed by atoms with Crippen LogP contribution in [0.3, 0.4) is 0 Å². The molecule has 0 amide bonds. The Kier molecular flexibility index (Phi) is 11.0. The van der Waals surface area contributed by atoms with Gasteiger partial charge in [-0.05, 0) is 29.9 Å². The zero-order valence-electron chi connectivity index (χ0n) is 22.7. The van der Waals surface area contributed by atoms with Crippen molar-refractivity contribution in [2.75, 3.05) is 12.3 Å². The third kappa shape index (κ3) is 8.13. The summed E-state index contributed by atoms with van der Waals surface area (Å²) in [6.45, 7) is 4.31. The molecule has 1 saturated heterocycles. The summed E-state index contributed by atoms with van der Waals surface area (Å²) in [5.74, 6) is -8.71. The molecule has 1 aliphatic carbocycles. The summed E-state index contributed by atoms with van der Waals surface area (Å²) in [6, 6.07) is 3.70. The molecule has 2 fully saturated rings. The fraction of sp³-hybridized carbons (Fsp3) is 0.407. The smallest absolute Gasteiger partial charge is 0.426 e. The number of benzene rings is 1. The number of amidine groups is 1. The fourth-order valence-electron chi connectivity index (χ4n) is 4.28. The number of rotatable bonds is 6. The second-order valence-electron chi connectivity index (χ2n) is 10.1. The Morgan fingerprint density at radius 1 is 1.23 bits per heavy atom. The van der Waals surface area contributed by atoms with Gasteiger partial charge in [0.1, 0.15) is 16.8 Å². The molecule has 2 atom stereocenters. The van der Waals surface area contributed by atoms with E-state index in [2.05, 4.69) is 14.9 Å². The maximum Gasteiger partial charge on any atom is 0.426 e. The standard InChI is InChI=1S/C17H14ClF7O2.C10H9ClN4S/c1-6-11(19)13(21)7(14(22)12(6)20)5-27-15(26)10-8(16(10,2)3)4-9(18)17(23,24)25;11-9-2-1-8(5-13-9)6-15-3-4-16-10(15)14-7-12/h4,8,10H,5H2,1-3H3;1-2,5H,3-4,6H2/b9-4-;. The predicted octanol–water partition coefficient (Wildman–Crippen LogP) is 7.67. The van der Waals surface area contributed by atoms with Crippen LogP contribution in [0.25, 0.3) is 0 Å². The molecule has 1 aromatic carbocycles. The molecule has 1 saturated carbocycles. The minimum absolute atomic E-state index is 0.491. The highest BCUT2D eigenvalue weighted by Crippen LogP contribution is 2.60. The Balaban J connectivity index is 0.000000268. The summed E-state index contributed by atoms with van der Waals surface area (Å²) in [4.78, 5) is 22.0. The topological polar surface area (TPSA) is 78.6 Å². The molecule has 232 valence electrons. The van der Waals surface area contributed by atoms with E-state index in [9.17, 15) is 35.5 Å². The zero-order valence-corrected chi connectivity index (χ0v) is 25.0. The predicted molar refractivity (Wildman–Crippen MR) is 147 cm³/mol. The van der Waals surface area contributed by atoms with Gasteiger partial charge in [0, 0.05) is 30.6 Å². The van der Waals surface area contributed by atoms with Crippen LogP contribution in [0.5, 0.6) is 0 Å². The first-order valence-electron chi connectivity index (χ1n) is 12.4. The van der Waals surface area contributed by atoms with Crippen LogP contribution in [0.2, 0.25) is 5.15 Å². The Morgan fingerprint density at radius 3 is 2.40 bits per heavy atom. The number of carbonyl (C=O) groups excluding carboxylic acids is 1. The van der Waals surface area contributed by atoms with Gasteiger partial charge in [-0.2, -0.15) is 18.4 Å². The molecule has 1 aromatic heterocycles. The van der Waals surface area contributed by atoms with Crippen LogP contribution >= 0.6 is 35.0 Å². The van der Waals surface area contributed by atoms with Gasteiger partial charge in [-0.3, -0.25) is 4.79 Å². The normalized spacial score (nSPS) is 20.4. The molecule has 2 aromatic rings. The molecule has 0 N–H and O–H groups in total. The quantitative estimate of drug-likeness (QED) is 0.103. The van der Waals surface area contributed by atoms with Gasteiger partial charge < -0.3 is 9.64 Å². The van der Waals surface area contributed by atoms with Crippen molar-refractivity contribution >= 4 is 46.1 Å². The maximum atomic E-state index is 13.8. The molecule has 6 nitrogen and oxygen atoms in total. The highest BCUT2D eigenvalue weighted by Gasteiger charge is 2.62. The molecular formula is C27H23Cl2F7N4O2S. The summed E-state index contributed by atoms with van der Waals surface area (Å²) in [7, 11) is 0. The number of alkyl halides is 3. The maximum absolute atomic E-state index is 13.8. The molecular weight excluding hydrogens is 648 g/mol. The SMILES string of the molecule is Cc1c(F)c(F)c(COC(=O)C2C(/C=C(\Cl)C(F)(F)F)C2(C)C)c(F)c1F.N#CN=C1SCCN1Cc1ccc(Cl)nc1. The number of ether oxygens (including phenoxy) is 1. The van der Waals surface area contributed by atoms with Gasteiger partial charge in [0.25, 0.3) is 0 Å². The highest BCUT2D eigenvalue weighted by atomic mass is 35.5. The second-order valence-corrected chi connectivity index (χ2v) is 11.9. The molecule has 0 radical (unpaired) electrons. The van der Waals surface area contributed by atoms with Crippen LogP contribution in [0, 0.1) is 58.9 Å². The summed E-state index contributed by atoms with van der Waals surface area (Å²) >= 11 is 12.5. The van der Waals surface area contributed by atoms with Crippen LogP contribution in [0.15, 0.2) is 34.4 Å². The molecule has 0 bridgehead atoms. The largest absolute Gasteiger partial charge is 0.460 e. The number of carbonyl (C=O) groups is 1. The molecule has 0 spiro atoms. The van der Waals surface area contributed by atoms with Crippen LogP contribution in [-0.2, 0) is 22.7 Å². The van der Waals surface area contributed by atoms with Gasteiger partial charge in [-0.25, -0.2) is 22.5 Å². The Hall–Kier alpha value is -3.02. The van der Waals surface area contributed by atoms with Gasteiger partial charge in [0.2, 0.25) is 6.19 Å². The number of halogens is 9. The van der Waals surface area contributed by atoms with Crippen molar-refractivity contribution in [3.8, 4) is 6.19 Å². The number of aliphatic imine (C=N–C) groups is 1. The lowest BCUT2D eigenvalue weighted by atomic mass is 10.1. The first kappa shape index (κ1) is 34.5. The van der Waals surface area contributed by atoms with Crippen LogP contribution in [0.4, 0.5) is 30.7 Å². The monoisotopic (exact) mass is 670 g/mol. The van der Waals surface area contributed by atoms with E-state index in [-0.39, 0.29) is 0 Å². The highest BCUT2D eigenvalue weighted by molar-refractivity contribution is 8.14. The third-order valence-electron chi connectivity index (χ3n) is 6.86. The first-order valence-corrected chi connectivity index (χ1v) is 14.1. The lowest BCUT2D eigenvalue weighted by Gasteiger charge is -2.16. The number of allylic oxidation sites excluding steroid dienone is 2. The fourth-order valence-corrected chi connectivity index (χ4v) is 5.47. The number of hydrogen-bond donors (Lipinski definition) is 0. The zero-order chi connectivity index (χ0) is 32.3. The molecule has 4 rings (SSSR count). The van der Waals surface area contributed by atoms with Crippen molar-refractivity contribution in [2.24, 2.45) is 22.2 Å².